The molecule has 0 heterocycles. The Balaban J connectivity index is 3.16. The van der Waals surface area contributed by atoms with Crippen molar-refractivity contribution in [3.8, 4) is 0 Å². The molecule has 1 aromatic rings. The van der Waals surface area contributed by atoms with Crippen LogP contribution >= 0.6 is 15.9 Å². The van der Waals surface area contributed by atoms with E-state index in [1.165, 1.54) is 0 Å². The Hall–Kier alpha value is -1.36. The molecule has 0 fully saturated rings. The van der Waals surface area contributed by atoms with Crippen molar-refractivity contribution < 1.29 is 19.1 Å². The van der Waals surface area contributed by atoms with Gasteiger partial charge in [0.2, 0.25) is 0 Å². The zero-order chi connectivity index (χ0) is 15.9. The molecule has 1 aromatic carbocycles. The van der Waals surface area contributed by atoms with Crippen LogP contribution in [0.2, 0.25) is 0 Å². The van der Waals surface area contributed by atoms with Crippen LogP contribution in [0.15, 0.2) is 28.7 Å². The lowest BCUT2D eigenvalue weighted by Crippen LogP contribution is -2.43. The molecule has 0 saturated heterocycles. The average Bonchev–Trinajstić information content (AvgIpc) is 2.45. The van der Waals surface area contributed by atoms with E-state index in [1.807, 2.05) is 24.3 Å². The lowest BCUT2D eigenvalue weighted by molar-refractivity contribution is -0.172. The minimum absolute atomic E-state index is 0.235. The summed E-state index contributed by atoms with van der Waals surface area (Å²) in [6.45, 7) is 5.72. The van der Waals surface area contributed by atoms with Crippen LogP contribution in [0.25, 0.3) is 0 Å². The Kier molecular flexibility index (Phi) is 6.89. The third kappa shape index (κ3) is 4.30. The summed E-state index contributed by atoms with van der Waals surface area (Å²) < 4.78 is 11.1. The maximum atomic E-state index is 12.4. The summed E-state index contributed by atoms with van der Waals surface area (Å²) in [5.41, 5.74) is -0.403. The monoisotopic (exact) mass is 356 g/mol. The maximum Gasteiger partial charge on any atom is 0.323 e. The number of rotatable bonds is 7. The van der Waals surface area contributed by atoms with Gasteiger partial charge in [0, 0.05) is 4.47 Å². The zero-order valence-corrected chi connectivity index (χ0v) is 14.2. The van der Waals surface area contributed by atoms with Crippen molar-refractivity contribution >= 4 is 27.9 Å². The van der Waals surface area contributed by atoms with Gasteiger partial charge < -0.3 is 9.47 Å². The van der Waals surface area contributed by atoms with Crippen molar-refractivity contribution in [2.45, 2.75) is 33.6 Å². The Morgan fingerprint density at radius 2 is 1.67 bits per heavy atom. The largest absolute Gasteiger partial charge is 0.465 e. The highest BCUT2D eigenvalue weighted by atomic mass is 79.9. The van der Waals surface area contributed by atoms with Crippen molar-refractivity contribution in [3.63, 3.8) is 0 Å². The van der Waals surface area contributed by atoms with E-state index in [9.17, 15) is 9.59 Å². The highest BCUT2D eigenvalue weighted by Gasteiger charge is 2.47. The summed E-state index contributed by atoms with van der Waals surface area (Å²) >= 11 is 3.39. The number of hydrogen-bond donors (Lipinski definition) is 0. The second-order valence-corrected chi connectivity index (χ2v) is 5.60. The van der Waals surface area contributed by atoms with E-state index in [4.69, 9.17) is 9.47 Å². The Morgan fingerprint density at radius 3 is 2.10 bits per heavy atom. The summed E-state index contributed by atoms with van der Waals surface area (Å²) in [6.07, 6.45) is 0.595. The first-order valence-corrected chi connectivity index (χ1v) is 7.88. The van der Waals surface area contributed by atoms with Crippen LogP contribution in [-0.4, -0.2) is 25.2 Å². The fourth-order valence-corrected chi connectivity index (χ4v) is 2.62. The molecule has 0 aromatic heterocycles. The third-order valence-electron chi connectivity index (χ3n) is 3.33. The number of carbonyl (C=O) groups is 2. The maximum absolute atomic E-state index is 12.4. The van der Waals surface area contributed by atoms with E-state index in [2.05, 4.69) is 15.9 Å². The van der Waals surface area contributed by atoms with Crippen molar-refractivity contribution in [2.24, 2.45) is 5.41 Å². The van der Waals surface area contributed by atoms with Gasteiger partial charge >= 0.3 is 11.9 Å². The van der Waals surface area contributed by atoms with Gasteiger partial charge in [0.1, 0.15) is 0 Å². The number of carbonyl (C=O) groups excluding carboxylic acids is 2. The first-order valence-electron chi connectivity index (χ1n) is 7.09. The molecule has 116 valence electrons. The quantitative estimate of drug-likeness (QED) is 0.554. The zero-order valence-electron chi connectivity index (χ0n) is 12.6. The minimum Gasteiger partial charge on any atom is -0.465 e. The van der Waals surface area contributed by atoms with Crippen molar-refractivity contribution in [1.29, 1.82) is 0 Å². The molecule has 0 aliphatic carbocycles. The summed E-state index contributed by atoms with van der Waals surface area (Å²) in [5, 5.41) is 0. The Labute approximate surface area is 133 Å². The fraction of sp³-hybridized carbons (Fsp3) is 0.500. The Morgan fingerprint density at radius 1 is 1.10 bits per heavy atom. The predicted octanol–water partition coefficient (Wildman–Crippen LogP) is 3.51. The molecule has 0 N–H and O–H groups in total. The van der Waals surface area contributed by atoms with E-state index < -0.39 is 17.4 Å². The smallest absolute Gasteiger partial charge is 0.323 e. The lowest BCUT2D eigenvalue weighted by Gasteiger charge is -2.28. The van der Waals surface area contributed by atoms with Crippen LogP contribution in [0.5, 0.6) is 0 Å². The average molecular weight is 357 g/mol. The highest BCUT2D eigenvalue weighted by molar-refractivity contribution is 9.10. The van der Waals surface area contributed by atoms with Crippen LogP contribution in [-0.2, 0) is 25.5 Å². The molecule has 21 heavy (non-hydrogen) atoms. The first kappa shape index (κ1) is 17.7. The summed E-state index contributed by atoms with van der Waals surface area (Å²) in [5.74, 6) is -1.04. The van der Waals surface area contributed by atoms with Crippen LogP contribution in [0, 0.1) is 5.41 Å². The van der Waals surface area contributed by atoms with Gasteiger partial charge in [-0.2, -0.15) is 0 Å². The first-order chi connectivity index (χ1) is 10.00. The van der Waals surface area contributed by atoms with E-state index in [0.29, 0.717) is 6.42 Å². The standard InChI is InChI=1S/C16H21BrO4/c1-4-16(14(18)20-5-2,15(19)21-6-3)11-12-8-7-9-13(17)10-12/h7-10H,4-6,11H2,1-3H3. The van der Waals surface area contributed by atoms with Gasteiger partial charge in [-0.25, -0.2) is 0 Å². The van der Waals surface area contributed by atoms with Crippen LogP contribution in [0.4, 0.5) is 0 Å². The number of hydrogen-bond acceptors (Lipinski definition) is 4. The molecule has 0 radical (unpaired) electrons. The number of esters is 2. The molecule has 0 aliphatic heterocycles. The predicted molar refractivity (Wildman–Crippen MR) is 83.8 cm³/mol. The lowest BCUT2D eigenvalue weighted by atomic mass is 9.79. The van der Waals surface area contributed by atoms with Crippen LogP contribution in [0.1, 0.15) is 32.8 Å². The molecule has 0 aliphatic rings. The number of benzene rings is 1. The third-order valence-corrected chi connectivity index (χ3v) is 3.82. The normalized spacial score (nSPS) is 11.0. The van der Waals surface area contributed by atoms with E-state index >= 15 is 0 Å². The fourth-order valence-electron chi connectivity index (χ4n) is 2.18. The molecule has 4 nitrogen and oxygen atoms in total. The molecule has 0 bridgehead atoms. The van der Waals surface area contributed by atoms with Crippen LogP contribution in [0.3, 0.4) is 0 Å². The Bertz CT molecular complexity index is 481. The highest BCUT2D eigenvalue weighted by Crippen LogP contribution is 2.31. The van der Waals surface area contributed by atoms with Gasteiger partial charge in [-0.3, -0.25) is 9.59 Å². The van der Waals surface area contributed by atoms with Gasteiger partial charge in [-0.1, -0.05) is 35.0 Å². The van der Waals surface area contributed by atoms with Gasteiger partial charge in [0.05, 0.1) is 13.2 Å². The molecule has 0 spiro atoms. The molecule has 0 atom stereocenters. The van der Waals surface area contributed by atoms with Gasteiger partial charge in [-0.05, 0) is 44.4 Å². The molecular formula is C16H21BrO4. The second kappa shape index (κ2) is 8.17. The SMILES string of the molecule is CCOC(=O)C(CC)(Cc1cccc(Br)c1)C(=O)OCC. The van der Waals surface area contributed by atoms with E-state index in [0.717, 1.165) is 10.0 Å². The van der Waals surface area contributed by atoms with Crippen molar-refractivity contribution in [2.75, 3.05) is 13.2 Å². The van der Waals surface area contributed by atoms with Gasteiger partial charge in [0.25, 0.3) is 0 Å². The topological polar surface area (TPSA) is 52.6 Å². The minimum atomic E-state index is -1.28. The molecule has 0 amide bonds. The van der Waals surface area contributed by atoms with Crippen molar-refractivity contribution in [1.82, 2.24) is 0 Å². The molecule has 5 heteroatoms. The molecule has 0 saturated carbocycles. The van der Waals surface area contributed by atoms with E-state index in [-0.39, 0.29) is 19.6 Å². The summed E-state index contributed by atoms with van der Waals surface area (Å²) in [7, 11) is 0. The number of halogens is 1. The van der Waals surface area contributed by atoms with Crippen LogP contribution < -0.4 is 0 Å². The van der Waals surface area contributed by atoms with Gasteiger partial charge in [0.15, 0.2) is 5.41 Å². The second-order valence-electron chi connectivity index (χ2n) is 4.68. The molecule has 0 unspecified atom stereocenters. The molecule has 1 rings (SSSR count). The van der Waals surface area contributed by atoms with E-state index in [1.54, 1.807) is 20.8 Å². The molecular weight excluding hydrogens is 336 g/mol. The van der Waals surface area contributed by atoms with Gasteiger partial charge in [-0.15, -0.1) is 0 Å². The number of ether oxygens (including phenoxy) is 2. The van der Waals surface area contributed by atoms with Crippen molar-refractivity contribution in [3.05, 3.63) is 34.3 Å². The summed E-state index contributed by atoms with van der Waals surface area (Å²) in [6, 6.07) is 7.54. The summed E-state index contributed by atoms with van der Waals surface area (Å²) in [4.78, 5) is 24.7.